The van der Waals surface area contributed by atoms with Gasteiger partial charge < -0.3 is 11.1 Å². The van der Waals surface area contributed by atoms with Gasteiger partial charge in [0.15, 0.2) is 0 Å². The third kappa shape index (κ3) is 5.53. The van der Waals surface area contributed by atoms with Crippen molar-refractivity contribution in [3.63, 3.8) is 0 Å². The fourth-order valence-corrected chi connectivity index (χ4v) is 2.77. The molecule has 102 valence electrons. The Morgan fingerprint density at radius 3 is 2.00 bits per heavy atom. The zero-order chi connectivity index (χ0) is 14.1. The highest BCUT2D eigenvalue weighted by Crippen LogP contribution is 2.17. The van der Waals surface area contributed by atoms with Crippen LogP contribution in [0.5, 0.6) is 0 Å². The Morgan fingerprint density at radius 2 is 1.63 bits per heavy atom. The van der Waals surface area contributed by atoms with Crippen LogP contribution in [0.25, 0.3) is 11.1 Å². The topological polar surface area (TPSA) is 38.0 Å². The van der Waals surface area contributed by atoms with Gasteiger partial charge in [0, 0.05) is 22.8 Å². The lowest BCUT2D eigenvalue weighted by atomic mass is 10.2. The minimum Gasteiger partial charge on any atom is -0.326 e. The van der Waals surface area contributed by atoms with Crippen molar-refractivity contribution in [2.45, 2.75) is 0 Å². The molecule has 0 atom stereocenters. The quantitative estimate of drug-likeness (QED) is 0.882. The normalized spacial score (nSPS) is 9.58. The van der Waals surface area contributed by atoms with Crippen LogP contribution in [-0.2, 0) is 0 Å². The van der Waals surface area contributed by atoms with Gasteiger partial charge in [-0.1, -0.05) is 25.3 Å². The molecule has 4 heteroatoms. The van der Waals surface area contributed by atoms with Crippen molar-refractivity contribution in [2.24, 2.45) is 5.73 Å². The van der Waals surface area contributed by atoms with Crippen molar-refractivity contribution in [1.82, 2.24) is 5.32 Å². The lowest BCUT2D eigenvalue weighted by molar-refractivity contribution is 0.934. The maximum Gasteiger partial charge on any atom is 0.0309 e. The SMILES string of the molecule is C=C(CN)c1cccs1.C=C(CNC)c1cccs1. The van der Waals surface area contributed by atoms with Gasteiger partial charge in [0.2, 0.25) is 0 Å². The fourth-order valence-electron chi connectivity index (χ4n) is 1.36. The van der Waals surface area contributed by atoms with E-state index in [1.165, 1.54) is 9.75 Å². The summed E-state index contributed by atoms with van der Waals surface area (Å²) in [6, 6.07) is 8.16. The predicted octanol–water partition coefficient (Wildman–Crippen LogP) is 3.70. The number of nitrogens with two attached hydrogens (primary N) is 1. The molecule has 19 heavy (non-hydrogen) atoms. The molecule has 2 aromatic rings. The first-order valence-electron chi connectivity index (χ1n) is 5.97. The summed E-state index contributed by atoms with van der Waals surface area (Å²) in [4.78, 5) is 2.46. The van der Waals surface area contributed by atoms with Crippen LogP contribution >= 0.6 is 22.7 Å². The highest BCUT2D eigenvalue weighted by molar-refractivity contribution is 7.11. The zero-order valence-electron chi connectivity index (χ0n) is 11.2. The Labute approximate surface area is 123 Å². The molecule has 0 aliphatic rings. The summed E-state index contributed by atoms with van der Waals surface area (Å²) >= 11 is 3.41. The molecular weight excluding hydrogens is 272 g/mol. The Morgan fingerprint density at radius 1 is 1.11 bits per heavy atom. The molecule has 3 N–H and O–H groups in total. The first kappa shape index (κ1) is 15.9. The molecule has 0 fully saturated rings. The summed E-state index contributed by atoms with van der Waals surface area (Å²) in [6.45, 7) is 9.17. The maximum absolute atomic E-state index is 5.37. The van der Waals surface area contributed by atoms with Gasteiger partial charge in [-0.15, -0.1) is 22.7 Å². The van der Waals surface area contributed by atoms with E-state index in [0.29, 0.717) is 6.54 Å². The molecule has 2 rings (SSSR count). The summed E-state index contributed by atoms with van der Waals surface area (Å²) < 4.78 is 0. The molecule has 0 spiro atoms. The Balaban J connectivity index is 0.000000191. The van der Waals surface area contributed by atoms with Crippen LogP contribution in [0.2, 0.25) is 0 Å². The van der Waals surface area contributed by atoms with E-state index in [2.05, 4.69) is 29.9 Å². The number of likely N-dealkylation sites (N-methyl/N-ethyl adjacent to an activating group) is 1. The van der Waals surface area contributed by atoms with E-state index >= 15 is 0 Å². The molecule has 0 saturated carbocycles. The lowest BCUT2D eigenvalue weighted by Crippen LogP contribution is -2.07. The summed E-state index contributed by atoms with van der Waals surface area (Å²) in [5.41, 5.74) is 7.55. The van der Waals surface area contributed by atoms with E-state index in [1.807, 2.05) is 30.6 Å². The molecule has 0 saturated heterocycles. The summed E-state index contributed by atoms with van der Waals surface area (Å²) in [5, 5.41) is 7.15. The highest BCUT2D eigenvalue weighted by atomic mass is 32.1. The van der Waals surface area contributed by atoms with Crippen LogP contribution in [0, 0.1) is 0 Å². The van der Waals surface area contributed by atoms with Gasteiger partial charge in [-0.3, -0.25) is 0 Å². The van der Waals surface area contributed by atoms with Crippen LogP contribution in [0.3, 0.4) is 0 Å². The minimum absolute atomic E-state index is 0.556. The molecule has 2 aromatic heterocycles. The lowest BCUT2D eigenvalue weighted by Gasteiger charge is -1.99. The van der Waals surface area contributed by atoms with E-state index in [0.717, 1.165) is 17.7 Å². The Hall–Kier alpha value is -1.20. The van der Waals surface area contributed by atoms with Crippen molar-refractivity contribution in [3.8, 4) is 0 Å². The second kappa shape index (κ2) is 8.82. The Kier molecular flexibility index (Phi) is 7.36. The molecule has 0 radical (unpaired) electrons. The van der Waals surface area contributed by atoms with Crippen molar-refractivity contribution in [3.05, 3.63) is 57.9 Å². The number of hydrogen-bond acceptors (Lipinski definition) is 4. The molecule has 0 amide bonds. The van der Waals surface area contributed by atoms with Gasteiger partial charge in [-0.25, -0.2) is 0 Å². The highest BCUT2D eigenvalue weighted by Gasteiger charge is 1.96. The smallest absolute Gasteiger partial charge is 0.0309 e. The van der Waals surface area contributed by atoms with Crippen molar-refractivity contribution >= 4 is 33.8 Å². The monoisotopic (exact) mass is 292 g/mol. The minimum atomic E-state index is 0.556. The number of nitrogens with one attached hydrogen (secondary N) is 1. The largest absolute Gasteiger partial charge is 0.326 e. The zero-order valence-corrected chi connectivity index (χ0v) is 12.8. The van der Waals surface area contributed by atoms with E-state index in [9.17, 15) is 0 Å². The average molecular weight is 292 g/mol. The first-order valence-corrected chi connectivity index (χ1v) is 7.73. The number of thiophene rings is 2. The third-order valence-corrected chi connectivity index (χ3v) is 4.32. The van der Waals surface area contributed by atoms with Gasteiger partial charge in [0.1, 0.15) is 0 Å². The summed E-state index contributed by atoms with van der Waals surface area (Å²) in [5.74, 6) is 0. The van der Waals surface area contributed by atoms with Crippen molar-refractivity contribution in [2.75, 3.05) is 20.1 Å². The van der Waals surface area contributed by atoms with Crippen LogP contribution < -0.4 is 11.1 Å². The fraction of sp³-hybridized carbons (Fsp3) is 0.200. The standard InChI is InChI=1S/C8H11NS.C7H9NS/c1-7(6-9-2)8-4-3-5-10-8;1-6(5-8)7-3-2-4-9-7/h3-5,9H,1,6H2,2H3;2-4H,1,5,8H2. The number of hydrogen-bond donors (Lipinski definition) is 2. The van der Waals surface area contributed by atoms with Crippen LogP contribution in [-0.4, -0.2) is 20.1 Å². The summed E-state index contributed by atoms with van der Waals surface area (Å²) in [6.07, 6.45) is 0. The molecule has 2 heterocycles. The van der Waals surface area contributed by atoms with E-state index in [-0.39, 0.29) is 0 Å². The maximum atomic E-state index is 5.37. The summed E-state index contributed by atoms with van der Waals surface area (Å²) in [7, 11) is 1.93. The van der Waals surface area contributed by atoms with Crippen molar-refractivity contribution < 1.29 is 0 Å². The number of rotatable bonds is 5. The van der Waals surface area contributed by atoms with Gasteiger partial charge in [-0.2, -0.15) is 0 Å². The molecule has 0 aliphatic carbocycles. The molecule has 0 unspecified atom stereocenters. The molecule has 0 aliphatic heterocycles. The second-order valence-corrected chi connectivity index (χ2v) is 5.79. The Bertz CT molecular complexity index is 484. The van der Waals surface area contributed by atoms with Crippen LogP contribution in [0.1, 0.15) is 9.75 Å². The van der Waals surface area contributed by atoms with Crippen LogP contribution in [0.15, 0.2) is 48.2 Å². The van der Waals surface area contributed by atoms with Crippen LogP contribution in [0.4, 0.5) is 0 Å². The average Bonchev–Trinajstić information content (AvgIpc) is 3.11. The third-order valence-electron chi connectivity index (χ3n) is 2.38. The first-order chi connectivity index (χ1) is 9.19. The van der Waals surface area contributed by atoms with E-state index in [1.54, 1.807) is 22.7 Å². The van der Waals surface area contributed by atoms with Crippen molar-refractivity contribution in [1.29, 1.82) is 0 Å². The van der Waals surface area contributed by atoms with Gasteiger partial charge in [0.05, 0.1) is 0 Å². The van der Waals surface area contributed by atoms with Gasteiger partial charge in [0.25, 0.3) is 0 Å². The predicted molar refractivity (Wildman–Crippen MR) is 89.7 cm³/mol. The van der Waals surface area contributed by atoms with Gasteiger partial charge >= 0.3 is 0 Å². The second-order valence-electron chi connectivity index (χ2n) is 3.90. The van der Waals surface area contributed by atoms with E-state index in [4.69, 9.17) is 5.73 Å². The molecule has 0 aromatic carbocycles. The molecular formula is C15H20N2S2. The van der Waals surface area contributed by atoms with E-state index < -0.39 is 0 Å². The van der Waals surface area contributed by atoms with Gasteiger partial charge in [-0.05, 0) is 41.1 Å². The molecule has 2 nitrogen and oxygen atoms in total. The molecule has 0 bridgehead atoms.